The van der Waals surface area contributed by atoms with E-state index < -0.39 is 0 Å². The molecule has 96 valence electrons. The van der Waals surface area contributed by atoms with Crippen LogP contribution in [0.15, 0.2) is 41.0 Å². The third-order valence-electron chi connectivity index (χ3n) is 3.07. The van der Waals surface area contributed by atoms with E-state index >= 15 is 0 Å². The second kappa shape index (κ2) is 5.01. The van der Waals surface area contributed by atoms with Crippen LogP contribution in [0.25, 0.3) is 0 Å². The van der Waals surface area contributed by atoms with Crippen LogP contribution >= 0.6 is 15.9 Å². The molecule has 1 amide bonds. The van der Waals surface area contributed by atoms with Crippen molar-refractivity contribution in [3.8, 4) is 0 Å². The number of hydrogen-bond acceptors (Lipinski definition) is 3. The third kappa shape index (κ3) is 2.46. The quantitative estimate of drug-likeness (QED) is 0.895. The molecule has 0 radical (unpaired) electrons. The Labute approximate surface area is 119 Å². The maximum atomic E-state index is 12.2. The minimum Gasteiger partial charge on any atom is -0.384 e. The molecule has 0 bridgehead atoms. The van der Waals surface area contributed by atoms with Gasteiger partial charge in [-0.2, -0.15) is 0 Å². The molecule has 1 aromatic carbocycles. The van der Waals surface area contributed by atoms with Crippen LogP contribution < -0.4 is 10.6 Å². The van der Waals surface area contributed by atoms with E-state index in [-0.39, 0.29) is 5.91 Å². The number of nitrogens with one attached hydrogen (secondary N) is 2. The minimum absolute atomic E-state index is 0.144. The van der Waals surface area contributed by atoms with Crippen LogP contribution in [-0.4, -0.2) is 17.4 Å². The van der Waals surface area contributed by atoms with Gasteiger partial charge in [-0.1, -0.05) is 0 Å². The number of pyridine rings is 1. The Kier molecular flexibility index (Phi) is 3.21. The Hall–Kier alpha value is -1.88. The highest BCUT2D eigenvalue weighted by Gasteiger charge is 2.14. The number of nitrogens with zero attached hydrogens (tertiary/aromatic N) is 1. The summed E-state index contributed by atoms with van der Waals surface area (Å²) in [5.74, 6) is 0.389. The maximum Gasteiger partial charge on any atom is 0.256 e. The number of hydrogen-bond donors (Lipinski definition) is 2. The Balaban J connectivity index is 1.83. The lowest BCUT2D eigenvalue weighted by atomic mass is 10.1. The van der Waals surface area contributed by atoms with Crippen molar-refractivity contribution in [3.05, 3.63) is 52.1 Å². The molecule has 0 atom stereocenters. The van der Waals surface area contributed by atoms with E-state index in [1.807, 2.05) is 24.3 Å². The monoisotopic (exact) mass is 317 g/mol. The van der Waals surface area contributed by atoms with Crippen molar-refractivity contribution in [1.29, 1.82) is 0 Å². The number of carbonyl (C=O) groups is 1. The summed E-state index contributed by atoms with van der Waals surface area (Å²) in [5, 5.41) is 6.07. The highest BCUT2D eigenvalue weighted by Crippen LogP contribution is 2.24. The zero-order valence-corrected chi connectivity index (χ0v) is 11.7. The number of amides is 1. The molecule has 3 rings (SSSR count). The average molecular weight is 318 g/mol. The first-order valence-electron chi connectivity index (χ1n) is 6.03. The molecule has 1 aliphatic rings. The zero-order valence-electron chi connectivity index (χ0n) is 10.1. The lowest BCUT2D eigenvalue weighted by molar-refractivity contribution is 0.102. The topological polar surface area (TPSA) is 54.0 Å². The number of benzene rings is 1. The summed E-state index contributed by atoms with van der Waals surface area (Å²) in [6.45, 7) is 0.937. The van der Waals surface area contributed by atoms with E-state index in [9.17, 15) is 4.79 Å². The first-order chi connectivity index (χ1) is 9.24. The Morgan fingerprint density at radius 1 is 1.37 bits per heavy atom. The fourth-order valence-corrected chi connectivity index (χ4v) is 2.46. The van der Waals surface area contributed by atoms with Crippen LogP contribution in [0.3, 0.4) is 0 Å². The van der Waals surface area contributed by atoms with Crippen molar-refractivity contribution < 1.29 is 4.79 Å². The lowest BCUT2D eigenvalue weighted by Crippen LogP contribution is -2.13. The van der Waals surface area contributed by atoms with Crippen molar-refractivity contribution >= 4 is 33.3 Å². The summed E-state index contributed by atoms with van der Waals surface area (Å²) >= 11 is 3.36. The SMILES string of the molecule is O=C(Nc1ncccc1Br)c1ccc2c(c1)CCN2. The molecule has 0 aliphatic carbocycles. The van der Waals surface area contributed by atoms with E-state index in [0.717, 1.165) is 23.1 Å². The molecule has 2 aromatic rings. The van der Waals surface area contributed by atoms with Gasteiger partial charge in [-0.05, 0) is 58.2 Å². The van der Waals surface area contributed by atoms with Crippen molar-refractivity contribution in [2.45, 2.75) is 6.42 Å². The molecule has 0 fully saturated rings. The molecule has 0 saturated carbocycles. The first kappa shape index (κ1) is 12.2. The highest BCUT2D eigenvalue weighted by molar-refractivity contribution is 9.10. The van der Waals surface area contributed by atoms with Crippen molar-refractivity contribution in [2.24, 2.45) is 0 Å². The van der Waals surface area contributed by atoms with Crippen molar-refractivity contribution in [3.63, 3.8) is 0 Å². The predicted octanol–water partition coefficient (Wildman–Crippen LogP) is 3.06. The molecular weight excluding hydrogens is 306 g/mol. The number of fused-ring (bicyclic) bond motifs is 1. The molecule has 4 nitrogen and oxygen atoms in total. The van der Waals surface area contributed by atoms with Crippen LogP contribution in [0.5, 0.6) is 0 Å². The number of rotatable bonds is 2. The van der Waals surface area contributed by atoms with Crippen LogP contribution in [0.1, 0.15) is 15.9 Å². The van der Waals surface area contributed by atoms with Gasteiger partial charge in [0, 0.05) is 24.0 Å². The molecule has 1 aromatic heterocycles. The third-order valence-corrected chi connectivity index (χ3v) is 3.71. The molecule has 1 aliphatic heterocycles. The Morgan fingerprint density at radius 2 is 2.26 bits per heavy atom. The number of anilines is 2. The number of aromatic nitrogens is 1. The zero-order chi connectivity index (χ0) is 13.2. The Morgan fingerprint density at radius 3 is 3.11 bits per heavy atom. The molecular formula is C14H12BrN3O. The van der Waals surface area contributed by atoms with Gasteiger partial charge in [0.1, 0.15) is 5.82 Å². The van der Waals surface area contributed by atoms with Gasteiger partial charge in [0.15, 0.2) is 0 Å². The summed E-state index contributed by atoms with van der Waals surface area (Å²) in [6, 6.07) is 9.35. The van der Waals surface area contributed by atoms with E-state index in [0.29, 0.717) is 11.4 Å². The van der Waals surface area contributed by atoms with E-state index in [4.69, 9.17) is 0 Å². The molecule has 5 heteroatoms. The summed E-state index contributed by atoms with van der Waals surface area (Å²) in [4.78, 5) is 16.3. The smallest absolute Gasteiger partial charge is 0.256 e. The minimum atomic E-state index is -0.144. The van der Waals surface area contributed by atoms with Gasteiger partial charge in [-0.15, -0.1) is 0 Å². The van der Waals surface area contributed by atoms with Gasteiger partial charge in [0.2, 0.25) is 0 Å². The van der Waals surface area contributed by atoms with Gasteiger partial charge in [0.25, 0.3) is 5.91 Å². The summed E-state index contributed by atoms with van der Waals surface area (Å²) < 4.78 is 0.770. The van der Waals surface area contributed by atoms with E-state index in [2.05, 4.69) is 31.5 Å². The van der Waals surface area contributed by atoms with Crippen molar-refractivity contribution in [1.82, 2.24) is 4.98 Å². The second-order valence-electron chi connectivity index (χ2n) is 4.34. The predicted molar refractivity (Wildman–Crippen MR) is 78.5 cm³/mol. The van der Waals surface area contributed by atoms with Crippen LogP contribution in [0.4, 0.5) is 11.5 Å². The van der Waals surface area contributed by atoms with Gasteiger partial charge in [-0.3, -0.25) is 4.79 Å². The van der Waals surface area contributed by atoms with Gasteiger partial charge in [-0.25, -0.2) is 4.98 Å². The van der Waals surface area contributed by atoms with Gasteiger partial charge < -0.3 is 10.6 Å². The molecule has 2 heterocycles. The van der Waals surface area contributed by atoms with Crippen LogP contribution in [0, 0.1) is 0 Å². The highest BCUT2D eigenvalue weighted by atomic mass is 79.9. The summed E-state index contributed by atoms with van der Waals surface area (Å²) in [6.07, 6.45) is 2.61. The summed E-state index contributed by atoms with van der Waals surface area (Å²) in [7, 11) is 0. The molecule has 19 heavy (non-hydrogen) atoms. The number of halogens is 1. The van der Waals surface area contributed by atoms with Crippen molar-refractivity contribution in [2.75, 3.05) is 17.2 Å². The maximum absolute atomic E-state index is 12.2. The Bertz CT molecular complexity index is 642. The van der Waals surface area contributed by atoms with Gasteiger partial charge >= 0.3 is 0 Å². The fourth-order valence-electron chi connectivity index (χ4n) is 2.10. The van der Waals surface area contributed by atoms with E-state index in [1.165, 1.54) is 5.56 Å². The van der Waals surface area contributed by atoms with E-state index in [1.54, 1.807) is 12.3 Å². The molecule has 0 saturated heterocycles. The standard InChI is InChI=1S/C14H12BrN3O/c15-11-2-1-6-17-13(11)18-14(19)10-3-4-12-9(8-10)5-7-16-12/h1-4,6,8,16H,5,7H2,(H,17,18,19). The van der Waals surface area contributed by atoms with Crippen LogP contribution in [0.2, 0.25) is 0 Å². The van der Waals surface area contributed by atoms with Gasteiger partial charge in [0.05, 0.1) is 4.47 Å². The van der Waals surface area contributed by atoms with Crippen LogP contribution in [-0.2, 0) is 6.42 Å². The normalized spacial score (nSPS) is 12.7. The first-order valence-corrected chi connectivity index (χ1v) is 6.82. The molecule has 2 N–H and O–H groups in total. The largest absolute Gasteiger partial charge is 0.384 e. The lowest BCUT2D eigenvalue weighted by Gasteiger charge is -2.07. The average Bonchev–Trinajstić information content (AvgIpc) is 2.88. The second-order valence-corrected chi connectivity index (χ2v) is 5.19. The number of carbonyl (C=O) groups excluding carboxylic acids is 1. The molecule has 0 spiro atoms. The fraction of sp³-hybridized carbons (Fsp3) is 0.143. The molecule has 0 unspecified atom stereocenters. The summed E-state index contributed by atoms with van der Waals surface area (Å²) in [5.41, 5.74) is 2.96.